The molecule has 0 atom stereocenters. The fourth-order valence-corrected chi connectivity index (χ4v) is 1.95. The molecule has 1 aromatic carbocycles. The molecule has 16 heavy (non-hydrogen) atoms. The Bertz CT molecular complexity index is 519. The van der Waals surface area contributed by atoms with Crippen molar-refractivity contribution < 1.29 is 4.74 Å². The summed E-state index contributed by atoms with van der Waals surface area (Å²) in [5.74, 6) is 0.860. The Morgan fingerprint density at radius 1 is 1.12 bits per heavy atom. The van der Waals surface area contributed by atoms with Crippen molar-refractivity contribution in [2.45, 2.75) is 0 Å². The molecule has 0 radical (unpaired) electrons. The van der Waals surface area contributed by atoms with Crippen molar-refractivity contribution >= 4 is 39.1 Å². The topological polar surface area (TPSA) is 22.1 Å². The van der Waals surface area contributed by atoms with Gasteiger partial charge in [-0.2, -0.15) is 0 Å². The van der Waals surface area contributed by atoms with Crippen molar-refractivity contribution in [2.24, 2.45) is 0 Å². The van der Waals surface area contributed by atoms with E-state index in [2.05, 4.69) is 20.9 Å². The molecule has 2 rings (SSSR count). The lowest BCUT2D eigenvalue weighted by Crippen LogP contribution is -1.89. The van der Waals surface area contributed by atoms with Crippen LogP contribution in [0.1, 0.15) is 0 Å². The molecule has 0 aliphatic rings. The number of ether oxygens (including phenoxy) is 1. The minimum Gasteiger partial charge on any atom is -0.436 e. The Balaban J connectivity index is 2.31. The van der Waals surface area contributed by atoms with E-state index in [4.69, 9.17) is 27.9 Å². The van der Waals surface area contributed by atoms with Gasteiger partial charge in [-0.3, -0.25) is 0 Å². The van der Waals surface area contributed by atoms with Gasteiger partial charge in [0.05, 0.1) is 5.02 Å². The van der Waals surface area contributed by atoms with Crippen molar-refractivity contribution in [1.82, 2.24) is 4.98 Å². The monoisotopic (exact) mass is 317 g/mol. The SMILES string of the molecule is Clc1ccccc1Oc1ncc(Br)cc1Cl. The average molecular weight is 319 g/mol. The molecule has 0 unspecified atom stereocenters. The van der Waals surface area contributed by atoms with Gasteiger partial charge in [0.15, 0.2) is 0 Å². The van der Waals surface area contributed by atoms with E-state index in [9.17, 15) is 0 Å². The minimum atomic E-state index is 0.331. The van der Waals surface area contributed by atoms with E-state index in [1.54, 1.807) is 24.4 Å². The third-order valence-electron chi connectivity index (χ3n) is 1.82. The first-order valence-electron chi connectivity index (χ1n) is 4.40. The van der Waals surface area contributed by atoms with Crippen LogP contribution in [0.4, 0.5) is 0 Å². The normalized spacial score (nSPS) is 10.2. The number of hydrogen-bond acceptors (Lipinski definition) is 2. The summed E-state index contributed by atoms with van der Waals surface area (Å²) in [6.07, 6.45) is 1.61. The van der Waals surface area contributed by atoms with Crippen molar-refractivity contribution in [1.29, 1.82) is 0 Å². The second-order valence-corrected chi connectivity index (χ2v) is 4.70. The number of rotatable bonds is 2. The predicted molar refractivity (Wildman–Crippen MR) is 68.5 cm³/mol. The number of aromatic nitrogens is 1. The third kappa shape index (κ3) is 2.67. The molecule has 0 fully saturated rings. The summed E-state index contributed by atoms with van der Waals surface area (Å²) in [7, 11) is 0. The maximum atomic E-state index is 5.97. The maximum absolute atomic E-state index is 5.97. The molecule has 0 aliphatic carbocycles. The predicted octanol–water partition coefficient (Wildman–Crippen LogP) is 4.94. The Morgan fingerprint density at radius 2 is 1.88 bits per heavy atom. The summed E-state index contributed by atoms with van der Waals surface area (Å²) in [4.78, 5) is 4.05. The van der Waals surface area contributed by atoms with Gasteiger partial charge in [0.1, 0.15) is 10.8 Å². The first-order valence-corrected chi connectivity index (χ1v) is 5.95. The van der Waals surface area contributed by atoms with Crippen LogP contribution < -0.4 is 4.74 Å². The molecule has 82 valence electrons. The van der Waals surface area contributed by atoms with Crippen molar-refractivity contribution in [2.75, 3.05) is 0 Å². The zero-order valence-electron chi connectivity index (χ0n) is 7.95. The molecule has 0 saturated heterocycles. The highest BCUT2D eigenvalue weighted by Gasteiger charge is 2.07. The number of pyridine rings is 1. The number of halogens is 3. The molecule has 5 heteroatoms. The third-order valence-corrected chi connectivity index (χ3v) is 2.83. The molecule has 0 aliphatic heterocycles. The van der Waals surface area contributed by atoms with Gasteiger partial charge in [-0.05, 0) is 34.1 Å². The van der Waals surface area contributed by atoms with Crippen LogP contribution in [0.5, 0.6) is 11.6 Å². The van der Waals surface area contributed by atoms with Crippen molar-refractivity contribution in [3.05, 3.63) is 51.0 Å². The van der Waals surface area contributed by atoms with E-state index in [1.807, 2.05) is 12.1 Å². The van der Waals surface area contributed by atoms with Crippen LogP contribution in [0.15, 0.2) is 41.0 Å². The molecule has 2 aromatic rings. The Kier molecular flexibility index (Phi) is 3.69. The highest BCUT2D eigenvalue weighted by atomic mass is 79.9. The van der Waals surface area contributed by atoms with Gasteiger partial charge in [-0.25, -0.2) is 4.98 Å². The molecular weight excluding hydrogens is 313 g/mol. The summed E-state index contributed by atoms with van der Waals surface area (Å²) in [5, 5.41) is 0.942. The summed E-state index contributed by atoms with van der Waals surface area (Å²) in [6, 6.07) is 8.85. The smallest absolute Gasteiger partial charge is 0.238 e. The highest BCUT2D eigenvalue weighted by molar-refractivity contribution is 9.10. The second-order valence-electron chi connectivity index (χ2n) is 2.97. The van der Waals surface area contributed by atoms with Gasteiger partial charge in [-0.15, -0.1) is 0 Å². The number of nitrogens with zero attached hydrogens (tertiary/aromatic N) is 1. The zero-order valence-corrected chi connectivity index (χ0v) is 11.1. The second kappa shape index (κ2) is 5.04. The highest BCUT2D eigenvalue weighted by Crippen LogP contribution is 2.32. The molecule has 0 spiro atoms. The Labute approximate surface area is 111 Å². The van der Waals surface area contributed by atoms with Crippen LogP contribution in [0, 0.1) is 0 Å². The van der Waals surface area contributed by atoms with Crippen LogP contribution in [0.3, 0.4) is 0 Å². The van der Waals surface area contributed by atoms with Gasteiger partial charge < -0.3 is 4.74 Å². The van der Waals surface area contributed by atoms with E-state index < -0.39 is 0 Å². The first kappa shape index (κ1) is 11.7. The van der Waals surface area contributed by atoms with E-state index in [1.165, 1.54) is 0 Å². The molecule has 2 nitrogen and oxygen atoms in total. The lowest BCUT2D eigenvalue weighted by Gasteiger charge is -2.07. The zero-order chi connectivity index (χ0) is 11.5. The Morgan fingerprint density at radius 3 is 2.56 bits per heavy atom. The van der Waals surface area contributed by atoms with E-state index >= 15 is 0 Å². The average Bonchev–Trinajstić information content (AvgIpc) is 2.25. The lowest BCUT2D eigenvalue weighted by molar-refractivity contribution is 0.463. The molecule has 1 heterocycles. The number of para-hydroxylation sites is 1. The van der Waals surface area contributed by atoms with Crippen molar-refractivity contribution in [3.8, 4) is 11.6 Å². The number of benzene rings is 1. The summed E-state index contributed by atoms with van der Waals surface area (Å²) >= 11 is 15.2. The lowest BCUT2D eigenvalue weighted by atomic mass is 10.3. The molecule has 0 amide bonds. The summed E-state index contributed by atoms with van der Waals surface area (Å²) in [6.45, 7) is 0. The van der Waals surface area contributed by atoms with Gasteiger partial charge in [0.2, 0.25) is 5.88 Å². The van der Waals surface area contributed by atoms with Crippen LogP contribution in [-0.2, 0) is 0 Å². The molecule has 0 bridgehead atoms. The van der Waals surface area contributed by atoms with Gasteiger partial charge >= 0.3 is 0 Å². The first-order chi connectivity index (χ1) is 7.66. The fraction of sp³-hybridized carbons (Fsp3) is 0. The van der Waals surface area contributed by atoms with Gasteiger partial charge in [-0.1, -0.05) is 35.3 Å². The quantitative estimate of drug-likeness (QED) is 0.782. The molecule has 0 N–H and O–H groups in total. The van der Waals surface area contributed by atoms with Crippen LogP contribution in [0.2, 0.25) is 10.0 Å². The summed E-state index contributed by atoms with van der Waals surface area (Å²) < 4.78 is 6.29. The minimum absolute atomic E-state index is 0.331. The van der Waals surface area contributed by atoms with Gasteiger partial charge in [0, 0.05) is 10.7 Å². The summed E-state index contributed by atoms with van der Waals surface area (Å²) in [5.41, 5.74) is 0. The van der Waals surface area contributed by atoms with E-state index in [-0.39, 0.29) is 0 Å². The standard InChI is InChI=1S/C11H6BrCl2NO/c12-7-5-9(14)11(15-6-7)16-10-4-2-1-3-8(10)13/h1-6H. The molecule has 0 saturated carbocycles. The molecular formula is C11H6BrCl2NO. The van der Waals surface area contributed by atoms with Gasteiger partial charge in [0.25, 0.3) is 0 Å². The molecule has 1 aromatic heterocycles. The van der Waals surface area contributed by atoms with Crippen LogP contribution >= 0.6 is 39.1 Å². The van der Waals surface area contributed by atoms with E-state index in [0.29, 0.717) is 21.7 Å². The maximum Gasteiger partial charge on any atom is 0.238 e. The largest absolute Gasteiger partial charge is 0.436 e. The van der Waals surface area contributed by atoms with E-state index in [0.717, 1.165) is 4.47 Å². The van der Waals surface area contributed by atoms with Crippen LogP contribution in [0.25, 0.3) is 0 Å². The number of hydrogen-bond donors (Lipinski definition) is 0. The van der Waals surface area contributed by atoms with Crippen LogP contribution in [-0.4, -0.2) is 4.98 Å². The Hall–Kier alpha value is -0.770. The fourth-order valence-electron chi connectivity index (χ4n) is 1.11. The van der Waals surface area contributed by atoms with Crippen molar-refractivity contribution in [3.63, 3.8) is 0 Å².